The summed E-state index contributed by atoms with van der Waals surface area (Å²) in [5.41, 5.74) is 0.0507. The van der Waals surface area contributed by atoms with Crippen LogP contribution in [0.3, 0.4) is 0 Å². The van der Waals surface area contributed by atoms with Gasteiger partial charge < -0.3 is 10.2 Å². The highest BCUT2D eigenvalue weighted by Gasteiger charge is 2.21. The summed E-state index contributed by atoms with van der Waals surface area (Å²) >= 11 is 0. The van der Waals surface area contributed by atoms with E-state index in [2.05, 4.69) is 25.2 Å². The number of carbonyl (C=O) groups excluding carboxylic acids is 1. The van der Waals surface area contributed by atoms with Crippen molar-refractivity contribution in [3.05, 3.63) is 0 Å². The van der Waals surface area contributed by atoms with Crippen LogP contribution < -0.4 is 5.32 Å². The van der Waals surface area contributed by atoms with Gasteiger partial charge in [0.15, 0.2) is 0 Å². The molecule has 0 aromatic carbocycles. The fourth-order valence-corrected chi connectivity index (χ4v) is 1.49. The minimum absolute atomic E-state index is 0.0507. The van der Waals surface area contributed by atoms with Gasteiger partial charge in [-0.2, -0.15) is 5.26 Å². The van der Waals surface area contributed by atoms with Gasteiger partial charge in [0, 0.05) is 26.6 Å². The normalized spacial score (nSPS) is 12.9. The maximum atomic E-state index is 11.8. The van der Waals surface area contributed by atoms with E-state index in [1.807, 2.05) is 13.8 Å². The zero-order valence-corrected chi connectivity index (χ0v) is 11.7. The van der Waals surface area contributed by atoms with Gasteiger partial charge in [-0.05, 0) is 25.7 Å². The first-order valence-corrected chi connectivity index (χ1v) is 6.19. The molecule has 0 rings (SSSR count). The molecule has 0 aromatic rings. The standard InChI is InChI=1S/C13H25N3O/c1-6-16(5)12(17)11(2)15-10-13(3,4)8-7-9-14/h11,15H,6-8,10H2,1-5H3. The fraction of sp³-hybridized carbons (Fsp3) is 0.846. The van der Waals surface area contributed by atoms with E-state index >= 15 is 0 Å². The number of rotatable bonds is 7. The minimum Gasteiger partial charge on any atom is -0.345 e. The van der Waals surface area contributed by atoms with Gasteiger partial charge in [-0.3, -0.25) is 4.79 Å². The Kier molecular flexibility index (Phi) is 6.82. The van der Waals surface area contributed by atoms with Crippen LogP contribution in [-0.4, -0.2) is 37.0 Å². The predicted octanol–water partition coefficient (Wildman–Crippen LogP) is 1.77. The third-order valence-corrected chi connectivity index (χ3v) is 3.02. The van der Waals surface area contributed by atoms with Crippen molar-refractivity contribution < 1.29 is 4.79 Å². The Bertz CT molecular complexity index is 281. The molecule has 0 aliphatic rings. The highest BCUT2D eigenvalue weighted by Crippen LogP contribution is 2.20. The van der Waals surface area contributed by atoms with Crippen LogP contribution in [0.5, 0.6) is 0 Å². The molecule has 0 radical (unpaired) electrons. The summed E-state index contributed by atoms with van der Waals surface area (Å²) in [6.45, 7) is 9.54. The number of hydrogen-bond donors (Lipinski definition) is 1. The Labute approximate surface area is 105 Å². The molecule has 4 nitrogen and oxygen atoms in total. The van der Waals surface area contributed by atoms with Gasteiger partial charge in [0.25, 0.3) is 0 Å². The summed E-state index contributed by atoms with van der Waals surface area (Å²) in [6, 6.07) is 1.99. The van der Waals surface area contributed by atoms with Crippen molar-refractivity contribution in [1.82, 2.24) is 10.2 Å². The van der Waals surface area contributed by atoms with Crippen LogP contribution in [0, 0.1) is 16.7 Å². The Morgan fingerprint density at radius 2 is 2.12 bits per heavy atom. The smallest absolute Gasteiger partial charge is 0.239 e. The van der Waals surface area contributed by atoms with E-state index in [0.29, 0.717) is 6.42 Å². The van der Waals surface area contributed by atoms with E-state index < -0.39 is 0 Å². The van der Waals surface area contributed by atoms with Crippen molar-refractivity contribution in [2.45, 2.75) is 46.6 Å². The molecule has 1 atom stereocenters. The average molecular weight is 239 g/mol. The van der Waals surface area contributed by atoms with Gasteiger partial charge in [0.2, 0.25) is 5.91 Å². The number of nitrogens with zero attached hydrogens (tertiary/aromatic N) is 2. The summed E-state index contributed by atoms with van der Waals surface area (Å²) in [5, 5.41) is 11.8. The molecule has 4 heteroatoms. The number of hydrogen-bond acceptors (Lipinski definition) is 3. The second-order valence-electron chi connectivity index (χ2n) is 5.28. The van der Waals surface area contributed by atoms with Gasteiger partial charge in [0.1, 0.15) is 0 Å². The molecule has 98 valence electrons. The highest BCUT2D eigenvalue weighted by atomic mass is 16.2. The van der Waals surface area contributed by atoms with E-state index in [1.54, 1.807) is 11.9 Å². The molecule has 0 saturated heterocycles. The van der Waals surface area contributed by atoms with Gasteiger partial charge in [-0.25, -0.2) is 0 Å². The minimum atomic E-state index is -0.165. The number of likely N-dealkylation sites (N-methyl/N-ethyl adjacent to an activating group) is 1. The van der Waals surface area contributed by atoms with Crippen molar-refractivity contribution in [1.29, 1.82) is 5.26 Å². The van der Waals surface area contributed by atoms with Gasteiger partial charge in [-0.15, -0.1) is 0 Å². The van der Waals surface area contributed by atoms with Crippen LogP contribution in [-0.2, 0) is 4.79 Å². The van der Waals surface area contributed by atoms with Crippen LogP contribution in [0.25, 0.3) is 0 Å². The molecule has 0 fully saturated rings. The SMILES string of the molecule is CCN(C)C(=O)C(C)NCC(C)(C)CCC#N. The summed E-state index contributed by atoms with van der Waals surface area (Å²) < 4.78 is 0. The molecular formula is C13H25N3O. The van der Waals surface area contributed by atoms with Crippen molar-refractivity contribution in [3.8, 4) is 6.07 Å². The van der Waals surface area contributed by atoms with E-state index in [1.165, 1.54) is 0 Å². The van der Waals surface area contributed by atoms with E-state index in [-0.39, 0.29) is 17.4 Å². The zero-order chi connectivity index (χ0) is 13.5. The molecule has 0 heterocycles. The zero-order valence-electron chi connectivity index (χ0n) is 11.7. The van der Waals surface area contributed by atoms with E-state index in [9.17, 15) is 4.79 Å². The molecule has 0 bridgehead atoms. The maximum Gasteiger partial charge on any atom is 0.239 e. The average Bonchev–Trinajstić information content (AvgIpc) is 2.31. The Hall–Kier alpha value is -1.08. The quantitative estimate of drug-likeness (QED) is 0.736. The van der Waals surface area contributed by atoms with Crippen LogP contribution >= 0.6 is 0 Å². The summed E-state index contributed by atoms with van der Waals surface area (Å²) in [5.74, 6) is 0.114. The lowest BCUT2D eigenvalue weighted by Crippen LogP contribution is -2.45. The lowest BCUT2D eigenvalue weighted by molar-refractivity contribution is -0.131. The fourth-order valence-electron chi connectivity index (χ4n) is 1.49. The first-order valence-electron chi connectivity index (χ1n) is 6.19. The third kappa shape index (κ3) is 6.28. The largest absolute Gasteiger partial charge is 0.345 e. The monoisotopic (exact) mass is 239 g/mol. The second kappa shape index (κ2) is 7.29. The Morgan fingerprint density at radius 1 is 1.53 bits per heavy atom. The van der Waals surface area contributed by atoms with Crippen LogP contribution in [0.2, 0.25) is 0 Å². The molecule has 0 aliphatic heterocycles. The van der Waals surface area contributed by atoms with Crippen molar-refractivity contribution >= 4 is 5.91 Å². The number of nitriles is 1. The molecule has 17 heavy (non-hydrogen) atoms. The summed E-state index contributed by atoms with van der Waals surface area (Å²) in [6.07, 6.45) is 1.41. The number of carbonyl (C=O) groups is 1. The van der Waals surface area contributed by atoms with Crippen molar-refractivity contribution in [2.75, 3.05) is 20.1 Å². The molecular weight excluding hydrogens is 214 g/mol. The third-order valence-electron chi connectivity index (χ3n) is 3.02. The predicted molar refractivity (Wildman–Crippen MR) is 69.4 cm³/mol. The van der Waals surface area contributed by atoms with Crippen molar-refractivity contribution in [2.24, 2.45) is 5.41 Å². The number of amides is 1. The van der Waals surface area contributed by atoms with Crippen LogP contribution in [0.15, 0.2) is 0 Å². The van der Waals surface area contributed by atoms with Gasteiger partial charge in [0.05, 0.1) is 12.1 Å². The number of nitrogens with one attached hydrogen (secondary N) is 1. The lowest BCUT2D eigenvalue weighted by atomic mass is 9.88. The van der Waals surface area contributed by atoms with Gasteiger partial charge >= 0.3 is 0 Å². The molecule has 0 spiro atoms. The van der Waals surface area contributed by atoms with Crippen LogP contribution in [0.1, 0.15) is 40.5 Å². The van der Waals surface area contributed by atoms with E-state index in [0.717, 1.165) is 19.5 Å². The Morgan fingerprint density at radius 3 is 2.59 bits per heavy atom. The molecule has 1 unspecified atom stereocenters. The van der Waals surface area contributed by atoms with Crippen LogP contribution in [0.4, 0.5) is 0 Å². The Balaban J connectivity index is 4.10. The van der Waals surface area contributed by atoms with Crippen molar-refractivity contribution in [3.63, 3.8) is 0 Å². The van der Waals surface area contributed by atoms with E-state index in [4.69, 9.17) is 5.26 Å². The first kappa shape index (κ1) is 15.9. The topological polar surface area (TPSA) is 56.1 Å². The molecule has 0 aliphatic carbocycles. The molecule has 1 N–H and O–H groups in total. The molecule has 0 aromatic heterocycles. The maximum absolute atomic E-state index is 11.8. The highest BCUT2D eigenvalue weighted by molar-refractivity contribution is 5.81. The summed E-state index contributed by atoms with van der Waals surface area (Å²) in [7, 11) is 1.81. The molecule has 1 amide bonds. The summed E-state index contributed by atoms with van der Waals surface area (Å²) in [4.78, 5) is 13.5. The van der Waals surface area contributed by atoms with Gasteiger partial charge in [-0.1, -0.05) is 13.8 Å². The first-order chi connectivity index (χ1) is 7.84. The molecule has 0 saturated carbocycles. The second-order valence-corrected chi connectivity index (χ2v) is 5.28. The lowest BCUT2D eigenvalue weighted by Gasteiger charge is -2.27.